The number of nitriles is 1. The molecule has 0 unspecified atom stereocenters. The van der Waals surface area contributed by atoms with Crippen LogP contribution in [-0.4, -0.2) is 28.8 Å². The van der Waals surface area contributed by atoms with Crippen molar-refractivity contribution in [2.75, 3.05) is 18.0 Å². The summed E-state index contributed by atoms with van der Waals surface area (Å²) in [7, 11) is 0. The van der Waals surface area contributed by atoms with Crippen molar-refractivity contribution in [2.24, 2.45) is 0 Å². The van der Waals surface area contributed by atoms with E-state index >= 15 is 0 Å². The largest absolute Gasteiger partial charge is 0.386 e. The van der Waals surface area contributed by atoms with Gasteiger partial charge in [-0.25, -0.2) is 4.98 Å². The molecule has 0 atom stereocenters. The van der Waals surface area contributed by atoms with Crippen LogP contribution in [0.1, 0.15) is 18.2 Å². The Labute approximate surface area is 88.8 Å². The Balaban J connectivity index is 2.29. The van der Waals surface area contributed by atoms with Crippen molar-refractivity contribution in [1.82, 2.24) is 4.98 Å². The predicted molar refractivity (Wildman–Crippen MR) is 56.5 cm³/mol. The highest BCUT2D eigenvalue weighted by molar-refractivity contribution is 5.56. The summed E-state index contributed by atoms with van der Waals surface area (Å²) in [5.74, 6) is 0.684. The topological polar surface area (TPSA) is 60.2 Å². The molecule has 0 radical (unpaired) electrons. The van der Waals surface area contributed by atoms with Gasteiger partial charge in [-0.1, -0.05) is 0 Å². The number of hydrogen-bond acceptors (Lipinski definition) is 4. The van der Waals surface area contributed by atoms with Gasteiger partial charge < -0.3 is 10.0 Å². The van der Waals surface area contributed by atoms with Crippen LogP contribution in [-0.2, 0) is 0 Å². The average molecular weight is 203 g/mol. The fourth-order valence-electron chi connectivity index (χ4n) is 1.80. The van der Waals surface area contributed by atoms with Crippen LogP contribution >= 0.6 is 0 Å². The van der Waals surface area contributed by atoms with Crippen molar-refractivity contribution in [3.05, 3.63) is 23.4 Å². The summed E-state index contributed by atoms with van der Waals surface area (Å²) in [5, 5.41) is 18.6. The number of rotatable bonds is 1. The van der Waals surface area contributed by atoms with E-state index in [2.05, 4.69) is 11.1 Å². The van der Waals surface area contributed by atoms with Crippen molar-refractivity contribution < 1.29 is 5.11 Å². The molecule has 0 bridgehead atoms. The molecule has 2 rings (SSSR count). The molecule has 2 heterocycles. The molecule has 1 aromatic rings. The second-order valence-electron chi connectivity index (χ2n) is 4.29. The Hall–Kier alpha value is -1.60. The molecule has 0 aromatic carbocycles. The number of nitrogens with zero attached hydrogens (tertiary/aromatic N) is 3. The van der Waals surface area contributed by atoms with Gasteiger partial charge in [0.25, 0.3) is 0 Å². The molecule has 1 saturated heterocycles. The summed E-state index contributed by atoms with van der Waals surface area (Å²) in [6.45, 7) is 4.75. The van der Waals surface area contributed by atoms with Gasteiger partial charge in [0.15, 0.2) is 0 Å². The first-order valence-electron chi connectivity index (χ1n) is 4.87. The van der Waals surface area contributed by atoms with Crippen LogP contribution in [0.15, 0.2) is 12.1 Å². The van der Waals surface area contributed by atoms with E-state index in [0.29, 0.717) is 24.5 Å². The molecule has 0 saturated carbocycles. The third-order valence-electron chi connectivity index (χ3n) is 2.50. The molecule has 1 aliphatic heterocycles. The van der Waals surface area contributed by atoms with Gasteiger partial charge in [-0.2, -0.15) is 5.26 Å². The van der Waals surface area contributed by atoms with Crippen molar-refractivity contribution in [1.29, 1.82) is 5.26 Å². The zero-order chi connectivity index (χ0) is 11.1. The Bertz CT molecular complexity index is 426. The van der Waals surface area contributed by atoms with E-state index in [-0.39, 0.29) is 0 Å². The van der Waals surface area contributed by atoms with Crippen molar-refractivity contribution in [2.45, 2.75) is 19.4 Å². The van der Waals surface area contributed by atoms with E-state index in [4.69, 9.17) is 5.26 Å². The van der Waals surface area contributed by atoms with Crippen molar-refractivity contribution >= 4 is 5.82 Å². The summed E-state index contributed by atoms with van der Waals surface area (Å²) in [6.07, 6.45) is 0. The third-order valence-corrected chi connectivity index (χ3v) is 2.50. The number of anilines is 1. The van der Waals surface area contributed by atoms with Gasteiger partial charge >= 0.3 is 0 Å². The molecular formula is C11H13N3O. The minimum atomic E-state index is -0.641. The van der Waals surface area contributed by atoms with Crippen LogP contribution in [0.4, 0.5) is 5.82 Å². The van der Waals surface area contributed by atoms with Gasteiger partial charge in [0, 0.05) is 18.8 Å². The molecule has 1 fully saturated rings. The average Bonchev–Trinajstić information content (AvgIpc) is 2.14. The van der Waals surface area contributed by atoms with E-state index in [9.17, 15) is 5.11 Å². The first-order valence-corrected chi connectivity index (χ1v) is 4.87. The lowest BCUT2D eigenvalue weighted by Gasteiger charge is -2.45. The maximum Gasteiger partial charge on any atom is 0.147 e. The Morgan fingerprint density at radius 2 is 2.20 bits per heavy atom. The van der Waals surface area contributed by atoms with Gasteiger partial charge in [0.05, 0.1) is 11.2 Å². The first kappa shape index (κ1) is 9.94. The van der Waals surface area contributed by atoms with Gasteiger partial charge in [0.2, 0.25) is 0 Å². The molecular weight excluding hydrogens is 190 g/mol. The lowest BCUT2D eigenvalue weighted by atomic mass is 9.96. The summed E-state index contributed by atoms with van der Waals surface area (Å²) in [4.78, 5) is 6.25. The molecule has 78 valence electrons. The number of β-amino-alcohol motifs (C(OH)–C–C–N with tert-alkyl or cyclic N) is 1. The van der Waals surface area contributed by atoms with E-state index in [1.165, 1.54) is 0 Å². The SMILES string of the molecule is Cc1ccc(C#N)c(N2CC(C)(O)C2)n1. The smallest absolute Gasteiger partial charge is 0.147 e. The van der Waals surface area contributed by atoms with Crippen LogP contribution in [0.25, 0.3) is 0 Å². The minimum Gasteiger partial charge on any atom is -0.386 e. The lowest BCUT2D eigenvalue weighted by Crippen LogP contribution is -2.60. The maximum atomic E-state index is 9.63. The first-order chi connectivity index (χ1) is 7.02. The molecule has 1 N–H and O–H groups in total. The molecule has 0 amide bonds. The highest BCUT2D eigenvalue weighted by Crippen LogP contribution is 2.28. The summed E-state index contributed by atoms with van der Waals surface area (Å²) in [6, 6.07) is 5.70. The molecule has 15 heavy (non-hydrogen) atoms. The van der Waals surface area contributed by atoms with E-state index in [1.54, 1.807) is 13.0 Å². The highest BCUT2D eigenvalue weighted by Gasteiger charge is 2.38. The molecule has 1 aliphatic rings. The second-order valence-corrected chi connectivity index (χ2v) is 4.29. The fourth-order valence-corrected chi connectivity index (χ4v) is 1.80. The van der Waals surface area contributed by atoms with Crippen LogP contribution in [0.3, 0.4) is 0 Å². The van der Waals surface area contributed by atoms with Gasteiger partial charge in [-0.3, -0.25) is 0 Å². The standard InChI is InChI=1S/C11H13N3O/c1-8-3-4-9(5-12)10(13-8)14-6-11(2,15)7-14/h3-4,15H,6-7H2,1-2H3. The third kappa shape index (κ3) is 1.79. The van der Waals surface area contributed by atoms with Gasteiger partial charge in [-0.15, -0.1) is 0 Å². The Morgan fingerprint density at radius 1 is 1.53 bits per heavy atom. The Kier molecular flexibility index (Phi) is 2.13. The van der Waals surface area contributed by atoms with Crippen LogP contribution in [0, 0.1) is 18.3 Å². The minimum absolute atomic E-state index is 0.540. The number of aromatic nitrogens is 1. The summed E-state index contributed by atoms with van der Waals surface area (Å²) < 4.78 is 0. The maximum absolute atomic E-state index is 9.63. The van der Waals surface area contributed by atoms with Gasteiger partial charge in [-0.05, 0) is 26.0 Å². The number of pyridine rings is 1. The van der Waals surface area contributed by atoms with Crippen LogP contribution in [0.2, 0.25) is 0 Å². The lowest BCUT2D eigenvalue weighted by molar-refractivity contribution is 0.0305. The van der Waals surface area contributed by atoms with Crippen LogP contribution in [0.5, 0.6) is 0 Å². The summed E-state index contributed by atoms with van der Waals surface area (Å²) in [5.41, 5.74) is 0.810. The quantitative estimate of drug-likeness (QED) is 0.734. The van der Waals surface area contributed by atoms with Gasteiger partial charge in [0.1, 0.15) is 11.9 Å². The zero-order valence-corrected chi connectivity index (χ0v) is 8.86. The van der Waals surface area contributed by atoms with E-state index in [1.807, 2.05) is 17.9 Å². The Morgan fingerprint density at radius 3 is 2.73 bits per heavy atom. The van der Waals surface area contributed by atoms with Crippen molar-refractivity contribution in [3.63, 3.8) is 0 Å². The normalized spacial score (nSPS) is 18.1. The number of aryl methyl sites for hydroxylation is 1. The molecule has 0 spiro atoms. The molecule has 1 aromatic heterocycles. The van der Waals surface area contributed by atoms with E-state index < -0.39 is 5.60 Å². The van der Waals surface area contributed by atoms with E-state index in [0.717, 1.165) is 5.69 Å². The summed E-state index contributed by atoms with van der Waals surface area (Å²) >= 11 is 0. The van der Waals surface area contributed by atoms with Crippen molar-refractivity contribution in [3.8, 4) is 6.07 Å². The molecule has 4 nitrogen and oxygen atoms in total. The molecule has 0 aliphatic carbocycles. The second kappa shape index (κ2) is 3.21. The number of aliphatic hydroxyl groups is 1. The molecule has 4 heteroatoms. The van der Waals surface area contributed by atoms with Crippen LogP contribution < -0.4 is 4.90 Å². The highest BCUT2D eigenvalue weighted by atomic mass is 16.3. The monoisotopic (exact) mass is 203 g/mol. The fraction of sp³-hybridized carbons (Fsp3) is 0.455. The predicted octanol–water partition coefficient (Wildman–Crippen LogP) is 0.833. The number of hydrogen-bond donors (Lipinski definition) is 1. The zero-order valence-electron chi connectivity index (χ0n) is 8.86.